The second kappa shape index (κ2) is 6.64. The third-order valence-electron chi connectivity index (χ3n) is 4.59. The summed E-state index contributed by atoms with van der Waals surface area (Å²) < 4.78 is 0. The Labute approximate surface area is 131 Å². The molecule has 1 aliphatic rings. The number of benzene rings is 1. The number of rotatable bonds is 5. The number of allylic oxidation sites excluding steroid dienone is 3. The summed E-state index contributed by atoms with van der Waals surface area (Å²) in [7, 11) is 0. The fraction of sp³-hybridized carbons (Fsp3) is 0.524. The number of aryl methyl sites for hydroxylation is 2. The minimum absolute atomic E-state index is 0.316. The van der Waals surface area contributed by atoms with E-state index in [4.69, 9.17) is 0 Å². The van der Waals surface area contributed by atoms with Gasteiger partial charge in [-0.2, -0.15) is 0 Å². The summed E-state index contributed by atoms with van der Waals surface area (Å²) in [6.45, 7) is 11.3. The van der Waals surface area contributed by atoms with Gasteiger partial charge in [0.1, 0.15) is 0 Å². The number of hydrogen-bond acceptors (Lipinski definition) is 0. The van der Waals surface area contributed by atoms with Crippen LogP contribution in [0.1, 0.15) is 69.2 Å². The van der Waals surface area contributed by atoms with Gasteiger partial charge in [-0.05, 0) is 74.1 Å². The van der Waals surface area contributed by atoms with Crippen LogP contribution < -0.4 is 0 Å². The van der Waals surface area contributed by atoms with Crippen molar-refractivity contribution in [3.05, 3.63) is 52.1 Å². The monoisotopic (exact) mass is 282 g/mol. The highest BCUT2D eigenvalue weighted by Crippen LogP contribution is 2.38. The zero-order valence-corrected chi connectivity index (χ0v) is 14.4. The van der Waals surface area contributed by atoms with Gasteiger partial charge in [0.15, 0.2) is 0 Å². The van der Waals surface area contributed by atoms with E-state index in [1.807, 2.05) is 0 Å². The maximum absolute atomic E-state index is 2.45. The van der Waals surface area contributed by atoms with E-state index in [2.05, 4.69) is 65.0 Å². The predicted molar refractivity (Wildman–Crippen MR) is 94.7 cm³/mol. The molecular formula is C21H30. The van der Waals surface area contributed by atoms with Crippen LogP contribution in [-0.4, -0.2) is 0 Å². The lowest BCUT2D eigenvalue weighted by Crippen LogP contribution is -2.20. The minimum atomic E-state index is 0.316. The molecule has 0 saturated heterocycles. The van der Waals surface area contributed by atoms with Crippen molar-refractivity contribution in [3.8, 4) is 0 Å². The normalized spacial score (nSPS) is 20.2. The van der Waals surface area contributed by atoms with Gasteiger partial charge in [0.25, 0.3) is 0 Å². The maximum atomic E-state index is 2.45. The Bertz CT molecular complexity index is 556. The lowest BCUT2D eigenvalue weighted by molar-refractivity contribution is 0.390. The van der Waals surface area contributed by atoms with Gasteiger partial charge in [0.05, 0.1) is 0 Å². The van der Waals surface area contributed by atoms with Gasteiger partial charge in [0, 0.05) is 0 Å². The van der Waals surface area contributed by atoms with Crippen LogP contribution >= 0.6 is 0 Å². The summed E-state index contributed by atoms with van der Waals surface area (Å²) in [5.41, 5.74) is 7.72. The molecule has 21 heavy (non-hydrogen) atoms. The van der Waals surface area contributed by atoms with E-state index in [1.165, 1.54) is 54.4 Å². The van der Waals surface area contributed by atoms with Crippen molar-refractivity contribution in [3.63, 3.8) is 0 Å². The first kappa shape index (κ1) is 16.1. The van der Waals surface area contributed by atoms with Crippen LogP contribution in [0.15, 0.2) is 29.9 Å². The van der Waals surface area contributed by atoms with Crippen LogP contribution in [-0.2, 0) is 12.8 Å². The van der Waals surface area contributed by atoms with E-state index < -0.39 is 0 Å². The Morgan fingerprint density at radius 1 is 1.29 bits per heavy atom. The van der Waals surface area contributed by atoms with Gasteiger partial charge < -0.3 is 0 Å². The fourth-order valence-corrected chi connectivity index (χ4v) is 3.41. The van der Waals surface area contributed by atoms with Crippen LogP contribution in [0.25, 0.3) is 6.08 Å². The molecule has 114 valence electrons. The lowest BCUT2D eigenvalue weighted by atomic mass is 9.73. The highest BCUT2D eigenvalue weighted by Gasteiger charge is 2.26. The van der Waals surface area contributed by atoms with E-state index in [0.29, 0.717) is 5.41 Å². The molecule has 0 heteroatoms. The van der Waals surface area contributed by atoms with Gasteiger partial charge in [-0.15, -0.1) is 0 Å². The zero-order chi connectivity index (χ0) is 15.5. The summed E-state index contributed by atoms with van der Waals surface area (Å²) in [4.78, 5) is 0. The molecule has 1 aliphatic carbocycles. The van der Waals surface area contributed by atoms with E-state index in [9.17, 15) is 0 Å². The second-order valence-corrected chi connectivity index (χ2v) is 7.22. The smallest absolute Gasteiger partial charge is 0.00997 e. The molecule has 1 unspecified atom stereocenters. The Kier molecular flexibility index (Phi) is 5.08. The molecule has 0 amide bonds. The molecule has 0 heterocycles. The maximum Gasteiger partial charge on any atom is -0.00997 e. The van der Waals surface area contributed by atoms with E-state index >= 15 is 0 Å². The molecule has 0 radical (unpaired) electrons. The van der Waals surface area contributed by atoms with Gasteiger partial charge in [-0.3, -0.25) is 0 Å². The molecule has 0 aliphatic heterocycles. The highest BCUT2D eigenvalue weighted by molar-refractivity contribution is 5.62. The van der Waals surface area contributed by atoms with Crippen molar-refractivity contribution in [2.24, 2.45) is 5.41 Å². The van der Waals surface area contributed by atoms with E-state index in [0.717, 1.165) is 0 Å². The van der Waals surface area contributed by atoms with E-state index in [-0.39, 0.29) is 0 Å². The SMILES string of the molecule is CCCc1cc(C)c2c(c1)CC(C)(CCC=C(C)C)C=C2. The van der Waals surface area contributed by atoms with Crippen molar-refractivity contribution in [2.45, 2.75) is 66.7 Å². The Balaban J connectivity index is 2.20. The Hall–Kier alpha value is -1.30. The minimum Gasteiger partial charge on any atom is -0.0859 e. The Morgan fingerprint density at radius 2 is 2.05 bits per heavy atom. The molecule has 1 aromatic carbocycles. The van der Waals surface area contributed by atoms with Crippen molar-refractivity contribution < 1.29 is 0 Å². The van der Waals surface area contributed by atoms with Gasteiger partial charge in [0.2, 0.25) is 0 Å². The largest absolute Gasteiger partial charge is 0.0859 e. The molecule has 0 spiro atoms. The number of fused-ring (bicyclic) bond motifs is 1. The molecule has 0 aromatic heterocycles. The second-order valence-electron chi connectivity index (χ2n) is 7.22. The standard InChI is InChI=1S/C21H30/c1-6-8-18-13-17(4)20-10-12-21(5,15-19(20)14-18)11-7-9-16(2)3/h9-10,12-14H,6-8,11,15H2,1-5H3. The first-order valence-electron chi connectivity index (χ1n) is 8.38. The van der Waals surface area contributed by atoms with Crippen LogP contribution in [0.2, 0.25) is 0 Å². The van der Waals surface area contributed by atoms with Gasteiger partial charge >= 0.3 is 0 Å². The molecule has 2 rings (SSSR count). The summed E-state index contributed by atoms with van der Waals surface area (Å²) in [5.74, 6) is 0. The highest BCUT2D eigenvalue weighted by atomic mass is 14.3. The quantitative estimate of drug-likeness (QED) is 0.558. The molecule has 1 aromatic rings. The van der Waals surface area contributed by atoms with Crippen molar-refractivity contribution in [2.75, 3.05) is 0 Å². The van der Waals surface area contributed by atoms with Crippen molar-refractivity contribution >= 4 is 6.08 Å². The third-order valence-corrected chi connectivity index (χ3v) is 4.59. The van der Waals surface area contributed by atoms with Gasteiger partial charge in [-0.25, -0.2) is 0 Å². The van der Waals surface area contributed by atoms with Crippen LogP contribution in [0.4, 0.5) is 0 Å². The summed E-state index contributed by atoms with van der Waals surface area (Å²) >= 11 is 0. The molecule has 0 N–H and O–H groups in total. The van der Waals surface area contributed by atoms with Gasteiger partial charge in [-0.1, -0.05) is 56.2 Å². The number of hydrogen-bond donors (Lipinski definition) is 0. The first-order chi connectivity index (χ1) is 9.93. The summed E-state index contributed by atoms with van der Waals surface area (Å²) in [6.07, 6.45) is 13.2. The van der Waals surface area contributed by atoms with Crippen molar-refractivity contribution in [1.82, 2.24) is 0 Å². The van der Waals surface area contributed by atoms with Crippen LogP contribution in [0.3, 0.4) is 0 Å². The van der Waals surface area contributed by atoms with Crippen molar-refractivity contribution in [1.29, 1.82) is 0 Å². The van der Waals surface area contributed by atoms with Crippen LogP contribution in [0.5, 0.6) is 0 Å². The molecule has 0 nitrogen and oxygen atoms in total. The zero-order valence-electron chi connectivity index (χ0n) is 14.4. The molecule has 1 atom stereocenters. The Morgan fingerprint density at radius 3 is 2.71 bits per heavy atom. The average Bonchev–Trinajstić information content (AvgIpc) is 2.37. The molecular weight excluding hydrogens is 252 g/mol. The topological polar surface area (TPSA) is 0 Å². The predicted octanol–water partition coefficient (Wildman–Crippen LogP) is 6.27. The first-order valence-corrected chi connectivity index (χ1v) is 8.38. The summed E-state index contributed by atoms with van der Waals surface area (Å²) in [6, 6.07) is 4.83. The van der Waals surface area contributed by atoms with Crippen LogP contribution in [0, 0.1) is 12.3 Å². The third kappa shape index (κ3) is 4.09. The molecule has 0 saturated carbocycles. The average molecular weight is 282 g/mol. The summed E-state index contributed by atoms with van der Waals surface area (Å²) in [5, 5.41) is 0. The fourth-order valence-electron chi connectivity index (χ4n) is 3.41. The lowest BCUT2D eigenvalue weighted by Gasteiger charge is -2.31. The molecule has 0 bridgehead atoms. The molecule has 0 fully saturated rings. The van der Waals surface area contributed by atoms with E-state index in [1.54, 1.807) is 5.56 Å².